The van der Waals surface area contributed by atoms with Crippen molar-refractivity contribution in [3.63, 3.8) is 0 Å². The van der Waals surface area contributed by atoms with Crippen LogP contribution < -0.4 is 10.6 Å². The number of aromatic nitrogens is 3. The van der Waals surface area contributed by atoms with Gasteiger partial charge in [0.2, 0.25) is 0 Å². The topological polar surface area (TPSA) is 82.7 Å². The zero-order valence-corrected chi connectivity index (χ0v) is 13.9. The largest absolute Gasteiger partial charge is 0.339 e. The molecule has 1 unspecified atom stereocenters. The molecule has 3 heterocycles. The molecule has 0 fully saturated rings. The zero-order valence-electron chi connectivity index (χ0n) is 13.1. The van der Waals surface area contributed by atoms with Gasteiger partial charge < -0.3 is 10.6 Å². The molecule has 1 aliphatic heterocycles. The van der Waals surface area contributed by atoms with E-state index in [-0.39, 0.29) is 5.91 Å². The third-order valence-corrected chi connectivity index (χ3v) is 5.43. The number of hydrogen-bond donors (Lipinski definition) is 3. The molecule has 2 aromatic heterocycles. The number of hydrogen-bond acceptors (Lipinski definition) is 5. The molecule has 0 aliphatic carbocycles. The summed E-state index contributed by atoms with van der Waals surface area (Å²) in [5, 5.41) is 16.6. The number of aryl methyl sites for hydroxylation is 1. The van der Waals surface area contributed by atoms with Crippen LogP contribution >= 0.6 is 11.3 Å². The minimum absolute atomic E-state index is 0.140. The van der Waals surface area contributed by atoms with Gasteiger partial charge in [0.15, 0.2) is 5.69 Å². The van der Waals surface area contributed by atoms with Crippen LogP contribution in [-0.2, 0) is 18.5 Å². The minimum atomic E-state index is -0.468. The number of nitrogens with zero attached hydrogens (tertiary/aromatic N) is 2. The first-order valence-electron chi connectivity index (χ1n) is 7.55. The maximum Gasteiger partial charge on any atom is 0.272 e. The molecule has 118 valence electrons. The molecule has 1 amide bonds. The summed E-state index contributed by atoms with van der Waals surface area (Å²) in [5.74, 6) is -0.140. The Hall–Kier alpha value is -1.73. The predicted molar refractivity (Wildman–Crippen MR) is 86.0 cm³/mol. The van der Waals surface area contributed by atoms with E-state index in [0.29, 0.717) is 12.2 Å². The molecule has 2 aromatic rings. The number of rotatable bonds is 4. The first-order valence-corrected chi connectivity index (χ1v) is 8.43. The molecule has 0 radical (unpaired) electrons. The zero-order chi connectivity index (χ0) is 15.7. The van der Waals surface area contributed by atoms with Gasteiger partial charge in [-0.1, -0.05) is 6.92 Å². The number of nitrogens with one attached hydrogen (secondary N) is 3. The Morgan fingerprint density at radius 2 is 2.36 bits per heavy atom. The van der Waals surface area contributed by atoms with Crippen molar-refractivity contribution in [3.8, 4) is 0 Å². The molecule has 1 atom stereocenters. The van der Waals surface area contributed by atoms with Gasteiger partial charge >= 0.3 is 0 Å². The summed E-state index contributed by atoms with van der Waals surface area (Å²) in [6.45, 7) is 7.64. The first-order chi connectivity index (χ1) is 10.5. The van der Waals surface area contributed by atoms with Crippen LogP contribution in [-0.4, -0.2) is 27.6 Å². The van der Waals surface area contributed by atoms with E-state index in [4.69, 9.17) is 0 Å². The lowest BCUT2D eigenvalue weighted by atomic mass is 9.98. The van der Waals surface area contributed by atoms with Crippen LogP contribution in [0.25, 0.3) is 0 Å². The molecule has 0 bridgehead atoms. The van der Waals surface area contributed by atoms with Gasteiger partial charge in [0.25, 0.3) is 5.91 Å². The summed E-state index contributed by atoms with van der Waals surface area (Å²) in [6.07, 6.45) is 1.66. The summed E-state index contributed by atoms with van der Waals surface area (Å²) >= 11 is 1.58. The number of carbonyl (C=O) groups excluding carboxylic acids is 1. The van der Waals surface area contributed by atoms with Crippen LogP contribution in [0.15, 0.2) is 5.38 Å². The summed E-state index contributed by atoms with van der Waals surface area (Å²) in [7, 11) is 0. The molecule has 0 saturated heterocycles. The second kappa shape index (κ2) is 5.81. The fourth-order valence-electron chi connectivity index (χ4n) is 2.62. The average molecular weight is 319 g/mol. The van der Waals surface area contributed by atoms with Gasteiger partial charge in [-0.2, -0.15) is 5.10 Å². The van der Waals surface area contributed by atoms with Crippen molar-refractivity contribution in [1.82, 2.24) is 25.8 Å². The Kier molecular flexibility index (Phi) is 4.01. The molecule has 0 aromatic carbocycles. The minimum Gasteiger partial charge on any atom is -0.339 e. The van der Waals surface area contributed by atoms with E-state index in [1.165, 1.54) is 0 Å². The molecule has 1 aliphatic rings. The Morgan fingerprint density at radius 1 is 1.55 bits per heavy atom. The molecule has 3 N–H and O–H groups in total. The van der Waals surface area contributed by atoms with Crippen LogP contribution in [0, 0.1) is 6.92 Å². The van der Waals surface area contributed by atoms with Crippen molar-refractivity contribution in [2.45, 2.75) is 45.7 Å². The van der Waals surface area contributed by atoms with Crippen molar-refractivity contribution in [1.29, 1.82) is 0 Å². The Morgan fingerprint density at radius 3 is 3.05 bits per heavy atom. The van der Waals surface area contributed by atoms with E-state index in [1.54, 1.807) is 11.3 Å². The van der Waals surface area contributed by atoms with E-state index in [2.05, 4.69) is 32.7 Å². The lowest BCUT2D eigenvalue weighted by molar-refractivity contribution is 0.0895. The van der Waals surface area contributed by atoms with Crippen LogP contribution in [0.5, 0.6) is 0 Å². The highest BCUT2D eigenvalue weighted by Crippen LogP contribution is 2.28. The smallest absolute Gasteiger partial charge is 0.272 e. The van der Waals surface area contributed by atoms with Crippen molar-refractivity contribution in [2.75, 3.05) is 6.54 Å². The molecule has 6 nitrogen and oxygen atoms in total. The van der Waals surface area contributed by atoms with Crippen molar-refractivity contribution in [3.05, 3.63) is 33.0 Å². The van der Waals surface area contributed by atoms with Gasteiger partial charge in [-0.05, 0) is 20.3 Å². The number of carbonyl (C=O) groups is 1. The van der Waals surface area contributed by atoms with Crippen LogP contribution in [0.2, 0.25) is 0 Å². The quantitative estimate of drug-likeness (QED) is 0.803. The van der Waals surface area contributed by atoms with Crippen LogP contribution in [0.3, 0.4) is 0 Å². The van der Waals surface area contributed by atoms with Crippen molar-refractivity contribution < 1.29 is 4.79 Å². The molecule has 0 spiro atoms. The molecule has 7 heteroatoms. The maximum atomic E-state index is 12.7. The third-order valence-electron chi connectivity index (χ3n) is 4.21. The number of amides is 1. The Balaban J connectivity index is 1.85. The average Bonchev–Trinajstić information content (AvgIpc) is 3.13. The summed E-state index contributed by atoms with van der Waals surface area (Å²) in [5.41, 5.74) is 3.05. The monoisotopic (exact) mass is 319 g/mol. The van der Waals surface area contributed by atoms with Gasteiger partial charge in [0.05, 0.1) is 5.54 Å². The number of H-pyrrole nitrogens is 1. The molecular weight excluding hydrogens is 298 g/mol. The fourth-order valence-corrected chi connectivity index (χ4v) is 3.61. The highest BCUT2D eigenvalue weighted by atomic mass is 32.1. The van der Waals surface area contributed by atoms with E-state index >= 15 is 0 Å². The predicted octanol–water partition coefficient (Wildman–Crippen LogP) is 1.88. The number of fused-ring (bicyclic) bond motifs is 1. The van der Waals surface area contributed by atoms with E-state index in [0.717, 1.165) is 41.3 Å². The van der Waals surface area contributed by atoms with Crippen LogP contribution in [0.1, 0.15) is 52.7 Å². The van der Waals surface area contributed by atoms with E-state index in [9.17, 15) is 4.79 Å². The van der Waals surface area contributed by atoms with E-state index in [1.807, 2.05) is 19.2 Å². The Labute approximate surface area is 133 Å². The van der Waals surface area contributed by atoms with Gasteiger partial charge in [0.1, 0.15) is 5.01 Å². The SMILES string of the molecule is CCC(C)(NC(=O)c1n[nH]c2c1CNCC2)c1nc(C)cs1. The number of thiazole rings is 1. The standard InChI is InChI=1S/C15H21N5OS/c1-4-15(3,14-17-9(2)8-22-14)18-13(21)12-10-7-16-6-5-11(10)19-20-12/h8,16H,4-7H2,1-3H3,(H,18,21)(H,19,20). The number of aromatic amines is 1. The van der Waals surface area contributed by atoms with E-state index < -0.39 is 5.54 Å². The third kappa shape index (κ3) is 2.66. The molecule has 0 saturated carbocycles. The van der Waals surface area contributed by atoms with Gasteiger partial charge in [-0.3, -0.25) is 9.89 Å². The summed E-state index contributed by atoms with van der Waals surface area (Å²) in [4.78, 5) is 17.2. The fraction of sp³-hybridized carbons (Fsp3) is 0.533. The maximum absolute atomic E-state index is 12.7. The van der Waals surface area contributed by atoms with Gasteiger partial charge in [-0.15, -0.1) is 11.3 Å². The highest BCUT2D eigenvalue weighted by molar-refractivity contribution is 7.09. The lowest BCUT2D eigenvalue weighted by Gasteiger charge is -2.27. The van der Waals surface area contributed by atoms with Gasteiger partial charge in [-0.25, -0.2) is 4.98 Å². The van der Waals surface area contributed by atoms with Crippen LogP contribution in [0.4, 0.5) is 0 Å². The summed E-state index contributed by atoms with van der Waals surface area (Å²) < 4.78 is 0. The van der Waals surface area contributed by atoms with Crippen molar-refractivity contribution >= 4 is 17.2 Å². The molecular formula is C15H21N5OS. The lowest BCUT2D eigenvalue weighted by Crippen LogP contribution is -2.43. The normalized spacial score (nSPS) is 16.9. The second-order valence-corrected chi connectivity index (χ2v) is 6.75. The van der Waals surface area contributed by atoms with Gasteiger partial charge in [0, 0.05) is 41.8 Å². The molecule has 22 heavy (non-hydrogen) atoms. The summed E-state index contributed by atoms with van der Waals surface area (Å²) in [6, 6.07) is 0. The van der Waals surface area contributed by atoms with Crippen molar-refractivity contribution in [2.24, 2.45) is 0 Å². The highest BCUT2D eigenvalue weighted by Gasteiger charge is 2.32. The first kappa shape index (κ1) is 15.2. The molecule has 3 rings (SSSR count). The second-order valence-electron chi connectivity index (χ2n) is 5.89. The Bertz CT molecular complexity index is 692.